The highest BCUT2D eigenvalue weighted by atomic mass is 35.5. The third-order valence-electron chi connectivity index (χ3n) is 2.81. The normalized spacial score (nSPS) is 11.0. The molecule has 0 radical (unpaired) electrons. The van der Waals surface area contributed by atoms with Gasteiger partial charge in [0, 0.05) is 5.56 Å². The van der Waals surface area contributed by atoms with E-state index < -0.39 is 0 Å². The first-order valence-electron chi connectivity index (χ1n) is 5.65. The molecule has 0 aliphatic carbocycles. The average Bonchev–Trinajstić information content (AvgIpc) is 2.85. The van der Waals surface area contributed by atoms with Crippen molar-refractivity contribution < 1.29 is 0 Å². The van der Waals surface area contributed by atoms with Crippen LogP contribution in [0.2, 0.25) is 15.2 Å². The predicted octanol–water partition coefficient (Wildman–Crippen LogP) is 4.14. The van der Waals surface area contributed by atoms with Crippen LogP contribution < -0.4 is 5.32 Å². The molecule has 0 saturated carbocycles. The Hall–Kier alpha value is -1.56. The van der Waals surface area contributed by atoms with Crippen molar-refractivity contribution in [1.82, 2.24) is 19.6 Å². The van der Waals surface area contributed by atoms with Gasteiger partial charge in [0.2, 0.25) is 0 Å². The Morgan fingerprint density at radius 1 is 1.15 bits per heavy atom. The first-order chi connectivity index (χ1) is 9.58. The molecule has 20 heavy (non-hydrogen) atoms. The summed E-state index contributed by atoms with van der Waals surface area (Å²) in [6, 6.07) is 5.26. The van der Waals surface area contributed by atoms with Crippen LogP contribution in [0.25, 0.3) is 5.78 Å². The second kappa shape index (κ2) is 5.09. The van der Waals surface area contributed by atoms with E-state index in [1.165, 1.54) is 6.33 Å². The van der Waals surface area contributed by atoms with Gasteiger partial charge in [0.15, 0.2) is 0 Å². The summed E-state index contributed by atoms with van der Waals surface area (Å²) >= 11 is 18.4. The van der Waals surface area contributed by atoms with E-state index in [1.54, 1.807) is 22.7 Å². The van der Waals surface area contributed by atoms with E-state index in [1.807, 2.05) is 6.92 Å². The van der Waals surface area contributed by atoms with E-state index in [9.17, 15) is 0 Å². The molecule has 0 unspecified atom stereocenters. The summed E-state index contributed by atoms with van der Waals surface area (Å²) in [5.41, 5.74) is 1.30. The van der Waals surface area contributed by atoms with Crippen LogP contribution in [0.3, 0.4) is 0 Å². The molecule has 0 aliphatic rings. The monoisotopic (exact) mass is 327 g/mol. The van der Waals surface area contributed by atoms with E-state index in [2.05, 4.69) is 20.4 Å². The van der Waals surface area contributed by atoms with Crippen molar-refractivity contribution in [2.75, 3.05) is 5.32 Å². The molecule has 1 N–H and O–H groups in total. The first kappa shape index (κ1) is 13.4. The van der Waals surface area contributed by atoms with Gasteiger partial charge in [0.05, 0.1) is 15.7 Å². The molecule has 8 heteroatoms. The van der Waals surface area contributed by atoms with Crippen LogP contribution in [-0.2, 0) is 0 Å². The number of halogens is 3. The van der Waals surface area contributed by atoms with Gasteiger partial charge in [-0.1, -0.05) is 40.9 Å². The molecule has 0 bridgehead atoms. The SMILES string of the molecule is Cc1c(Cl)nc2ncnn2c1Nc1c(Cl)cccc1Cl. The maximum Gasteiger partial charge on any atom is 0.255 e. The van der Waals surface area contributed by atoms with Crippen molar-refractivity contribution in [1.29, 1.82) is 0 Å². The van der Waals surface area contributed by atoms with Crippen molar-refractivity contribution in [2.24, 2.45) is 0 Å². The van der Waals surface area contributed by atoms with E-state index in [0.717, 1.165) is 5.56 Å². The van der Waals surface area contributed by atoms with E-state index in [-0.39, 0.29) is 0 Å². The number of hydrogen-bond donors (Lipinski definition) is 1. The topological polar surface area (TPSA) is 55.1 Å². The van der Waals surface area contributed by atoms with Crippen LogP contribution in [0.15, 0.2) is 24.5 Å². The fraction of sp³-hybridized carbons (Fsp3) is 0.0833. The highest BCUT2D eigenvalue weighted by molar-refractivity contribution is 6.39. The van der Waals surface area contributed by atoms with Crippen LogP contribution in [0.4, 0.5) is 11.5 Å². The number of aromatic nitrogens is 4. The Morgan fingerprint density at radius 2 is 1.85 bits per heavy atom. The first-order valence-corrected chi connectivity index (χ1v) is 6.78. The van der Waals surface area contributed by atoms with Crippen molar-refractivity contribution >= 4 is 52.1 Å². The third-order valence-corrected chi connectivity index (χ3v) is 3.81. The van der Waals surface area contributed by atoms with Gasteiger partial charge in [-0.2, -0.15) is 19.6 Å². The van der Waals surface area contributed by atoms with Gasteiger partial charge in [-0.3, -0.25) is 0 Å². The summed E-state index contributed by atoms with van der Waals surface area (Å²) in [6.07, 6.45) is 1.40. The third kappa shape index (κ3) is 2.18. The van der Waals surface area contributed by atoms with E-state index in [4.69, 9.17) is 34.8 Å². The summed E-state index contributed by atoms with van der Waals surface area (Å²) in [6.45, 7) is 1.82. The largest absolute Gasteiger partial charge is 0.337 e. The number of para-hydroxylation sites is 1. The summed E-state index contributed by atoms with van der Waals surface area (Å²) in [5, 5.41) is 8.60. The smallest absolute Gasteiger partial charge is 0.255 e. The highest BCUT2D eigenvalue weighted by Crippen LogP contribution is 2.34. The molecule has 0 spiro atoms. The minimum Gasteiger partial charge on any atom is -0.337 e. The van der Waals surface area contributed by atoms with E-state index >= 15 is 0 Å². The van der Waals surface area contributed by atoms with Crippen molar-refractivity contribution in [3.05, 3.63) is 45.3 Å². The number of hydrogen-bond acceptors (Lipinski definition) is 4. The number of benzene rings is 1. The van der Waals surface area contributed by atoms with Crippen LogP contribution in [0, 0.1) is 6.92 Å². The molecule has 0 amide bonds. The second-order valence-corrected chi connectivity index (χ2v) is 5.24. The Kier molecular flexibility index (Phi) is 3.41. The fourth-order valence-corrected chi connectivity index (χ4v) is 2.44. The lowest BCUT2D eigenvalue weighted by Gasteiger charge is -2.14. The zero-order valence-electron chi connectivity index (χ0n) is 10.2. The number of rotatable bonds is 2. The number of nitrogens with zero attached hydrogens (tertiary/aromatic N) is 4. The fourth-order valence-electron chi connectivity index (χ4n) is 1.78. The Bertz CT molecular complexity index is 779. The van der Waals surface area contributed by atoms with Crippen LogP contribution >= 0.6 is 34.8 Å². The number of fused-ring (bicyclic) bond motifs is 1. The van der Waals surface area contributed by atoms with Gasteiger partial charge in [0.25, 0.3) is 5.78 Å². The van der Waals surface area contributed by atoms with Crippen LogP contribution in [0.5, 0.6) is 0 Å². The van der Waals surface area contributed by atoms with Gasteiger partial charge >= 0.3 is 0 Å². The zero-order chi connectivity index (χ0) is 14.3. The number of anilines is 2. The van der Waals surface area contributed by atoms with E-state index in [0.29, 0.717) is 32.5 Å². The predicted molar refractivity (Wildman–Crippen MR) is 80.3 cm³/mol. The molecule has 2 heterocycles. The molecular formula is C12H8Cl3N5. The van der Waals surface area contributed by atoms with Gasteiger partial charge < -0.3 is 5.32 Å². The molecular weight excluding hydrogens is 321 g/mol. The lowest BCUT2D eigenvalue weighted by atomic mass is 10.3. The molecule has 5 nitrogen and oxygen atoms in total. The molecule has 0 aliphatic heterocycles. The second-order valence-electron chi connectivity index (χ2n) is 4.07. The Balaban J connectivity index is 2.20. The molecule has 3 rings (SSSR count). The van der Waals surface area contributed by atoms with Gasteiger partial charge in [-0.05, 0) is 19.1 Å². The summed E-state index contributed by atoms with van der Waals surface area (Å²) in [5.74, 6) is 1.01. The summed E-state index contributed by atoms with van der Waals surface area (Å²) in [4.78, 5) is 8.15. The molecule has 0 atom stereocenters. The van der Waals surface area contributed by atoms with Crippen LogP contribution in [0.1, 0.15) is 5.56 Å². The molecule has 2 aromatic heterocycles. The van der Waals surface area contributed by atoms with Crippen LogP contribution in [-0.4, -0.2) is 19.6 Å². The van der Waals surface area contributed by atoms with Gasteiger partial charge in [-0.25, -0.2) is 0 Å². The maximum atomic E-state index is 6.16. The lowest BCUT2D eigenvalue weighted by molar-refractivity contribution is 0.936. The van der Waals surface area contributed by atoms with Crippen molar-refractivity contribution in [2.45, 2.75) is 6.92 Å². The number of nitrogens with one attached hydrogen (secondary N) is 1. The average molecular weight is 329 g/mol. The maximum absolute atomic E-state index is 6.16. The summed E-state index contributed by atoms with van der Waals surface area (Å²) in [7, 11) is 0. The minimum atomic E-state index is 0.344. The quantitative estimate of drug-likeness (QED) is 0.718. The van der Waals surface area contributed by atoms with Gasteiger partial charge in [-0.15, -0.1) is 0 Å². The highest BCUT2D eigenvalue weighted by Gasteiger charge is 2.14. The molecule has 1 aromatic carbocycles. The molecule has 0 saturated heterocycles. The minimum absolute atomic E-state index is 0.344. The molecule has 3 aromatic rings. The zero-order valence-corrected chi connectivity index (χ0v) is 12.5. The molecule has 0 fully saturated rings. The standard InChI is InChI=1S/C12H8Cl3N5/c1-6-10(15)19-12-16-5-17-20(12)11(6)18-9-7(13)3-2-4-8(9)14/h2-5,18H,1H3. The lowest BCUT2D eigenvalue weighted by Crippen LogP contribution is -2.05. The van der Waals surface area contributed by atoms with Crippen molar-refractivity contribution in [3.63, 3.8) is 0 Å². The van der Waals surface area contributed by atoms with Gasteiger partial charge in [0.1, 0.15) is 17.3 Å². The molecule has 102 valence electrons. The Morgan fingerprint density at radius 3 is 2.55 bits per heavy atom. The van der Waals surface area contributed by atoms with Crippen molar-refractivity contribution in [3.8, 4) is 0 Å². The Labute approximate surface area is 129 Å². The summed E-state index contributed by atoms with van der Waals surface area (Å²) < 4.78 is 1.54.